The molecule has 0 spiro atoms. The topological polar surface area (TPSA) is 66.6 Å². The van der Waals surface area contributed by atoms with Crippen molar-refractivity contribution in [2.45, 2.75) is 18.9 Å². The molecule has 0 unspecified atom stereocenters. The molecule has 2 rings (SSSR count). The van der Waals surface area contributed by atoms with E-state index in [0.717, 1.165) is 12.8 Å². The van der Waals surface area contributed by atoms with E-state index < -0.39 is 0 Å². The van der Waals surface area contributed by atoms with Crippen LogP contribution in [0.1, 0.15) is 23.2 Å². The second kappa shape index (κ2) is 4.94. The van der Waals surface area contributed by atoms with Gasteiger partial charge < -0.3 is 15.7 Å². The Kier molecular flexibility index (Phi) is 3.54. The molecule has 4 nitrogen and oxygen atoms in total. The van der Waals surface area contributed by atoms with Gasteiger partial charge in [0.15, 0.2) is 0 Å². The summed E-state index contributed by atoms with van der Waals surface area (Å²) in [5, 5.41) is 9.50. The van der Waals surface area contributed by atoms with Gasteiger partial charge in [-0.3, -0.25) is 4.79 Å². The number of amides is 1. The van der Waals surface area contributed by atoms with Crippen molar-refractivity contribution in [3.63, 3.8) is 0 Å². The summed E-state index contributed by atoms with van der Waals surface area (Å²) in [6.07, 6.45) is 1.66. The standard InChI is InChI=1S/C12H15ClN2O2/c13-10-7-8(1-2-11(10)16)12(17)15-5-3-9(14)4-6-15/h1-2,7,9,16H,3-6,14H2. The first-order valence-electron chi connectivity index (χ1n) is 5.61. The van der Waals surface area contributed by atoms with Crippen molar-refractivity contribution in [2.75, 3.05) is 13.1 Å². The summed E-state index contributed by atoms with van der Waals surface area (Å²) in [6, 6.07) is 4.71. The third-order valence-electron chi connectivity index (χ3n) is 3.02. The first-order chi connectivity index (χ1) is 8.08. The first-order valence-corrected chi connectivity index (χ1v) is 5.99. The highest BCUT2D eigenvalue weighted by atomic mass is 35.5. The van der Waals surface area contributed by atoms with Crippen molar-refractivity contribution in [1.82, 2.24) is 4.90 Å². The van der Waals surface area contributed by atoms with E-state index in [4.69, 9.17) is 17.3 Å². The van der Waals surface area contributed by atoms with E-state index in [1.165, 1.54) is 12.1 Å². The summed E-state index contributed by atoms with van der Waals surface area (Å²) in [4.78, 5) is 13.9. The lowest BCUT2D eigenvalue weighted by Gasteiger charge is -2.30. The summed E-state index contributed by atoms with van der Waals surface area (Å²) in [5.41, 5.74) is 6.29. The van der Waals surface area contributed by atoms with Crippen molar-refractivity contribution in [3.05, 3.63) is 28.8 Å². The van der Waals surface area contributed by atoms with Gasteiger partial charge in [-0.15, -0.1) is 0 Å². The van der Waals surface area contributed by atoms with Gasteiger partial charge in [-0.25, -0.2) is 0 Å². The minimum Gasteiger partial charge on any atom is -0.506 e. The molecule has 0 aromatic heterocycles. The molecule has 1 saturated heterocycles. The lowest BCUT2D eigenvalue weighted by atomic mass is 10.0. The summed E-state index contributed by atoms with van der Waals surface area (Å²) in [7, 11) is 0. The van der Waals surface area contributed by atoms with Gasteiger partial charge in [-0.05, 0) is 31.0 Å². The second-order valence-electron chi connectivity index (χ2n) is 4.30. The normalized spacial score (nSPS) is 17.2. The number of likely N-dealkylation sites (tertiary alicyclic amines) is 1. The number of halogens is 1. The van der Waals surface area contributed by atoms with Crippen LogP contribution in [-0.2, 0) is 0 Å². The van der Waals surface area contributed by atoms with Crippen LogP contribution in [0.25, 0.3) is 0 Å². The first kappa shape index (κ1) is 12.2. The molecule has 1 aromatic carbocycles. The van der Waals surface area contributed by atoms with Crippen LogP contribution in [-0.4, -0.2) is 35.0 Å². The summed E-state index contributed by atoms with van der Waals surface area (Å²) >= 11 is 5.78. The van der Waals surface area contributed by atoms with E-state index in [2.05, 4.69) is 0 Å². The Morgan fingerprint density at radius 3 is 2.65 bits per heavy atom. The number of hydrogen-bond acceptors (Lipinski definition) is 3. The highest BCUT2D eigenvalue weighted by Gasteiger charge is 2.21. The van der Waals surface area contributed by atoms with E-state index >= 15 is 0 Å². The Morgan fingerprint density at radius 1 is 1.41 bits per heavy atom. The van der Waals surface area contributed by atoms with E-state index in [1.54, 1.807) is 11.0 Å². The molecule has 1 aromatic rings. The molecule has 1 fully saturated rings. The number of phenolic OH excluding ortho intramolecular Hbond substituents is 1. The van der Waals surface area contributed by atoms with Crippen molar-refractivity contribution >= 4 is 17.5 Å². The van der Waals surface area contributed by atoms with E-state index in [0.29, 0.717) is 18.7 Å². The van der Waals surface area contributed by atoms with Crippen LogP contribution < -0.4 is 5.73 Å². The number of rotatable bonds is 1. The number of benzene rings is 1. The molecule has 1 aliphatic rings. The third kappa shape index (κ3) is 2.70. The largest absolute Gasteiger partial charge is 0.506 e. The zero-order chi connectivity index (χ0) is 12.4. The minimum absolute atomic E-state index is 0.0103. The monoisotopic (exact) mass is 254 g/mol. The molecule has 0 atom stereocenters. The maximum absolute atomic E-state index is 12.1. The molecular formula is C12H15ClN2O2. The number of piperidine rings is 1. The van der Waals surface area contributed by atoms with Crippen LogP contribution >= 0.6 is 11.6 Å². The molecule has 1 amide bonds. The lowest BCUT2D eigenvalue weighted by Crippen LogP contribution is -2.42. The molecule has 92 valence electrons. The number of carbonyl (C=O) groups is 1. The summed E-state index contributed by atoms with van der Waals surface area (Å²) < 4.78 is 0. The molecular weight excluding hydrogens is 240 g/mol. The fraction of sp³-hybridized carbons (Fsp3) is 0.417. The fourth-order valence-corrected chi connectivity index (χ4v) is 2.11. The van der Waals surface area contributed by atoms with E-state index in [-0.39, 0.29) is 22.7 Å². The van der Waals surface area contributed by atoms with Gasteiger partial charge in [0.1, 0.15) is 5.75 Å². The number of aromatic hydroxyl groups is 1. The third-order valence-corrected chi connectivity index (χ3v) is 3.32. The van der Waals surface area contributed by atoms with Crippen LogP contribution in [0, 0.1) is 0 Å². The smallest absolute Gasteiger partial charge is 0.253 e. The van der Waals surface area contributed by atoms with Crippen LogP contribution in [0.2, 0.25) is 5.02 Å². The summed E-state index contributed by atoms with van der Waals surface area (Å²) in [5.74, 6) is -0.0670. The highest BCUT2D eigenvalue weighted by Crippen LogP contribution is 2.24. The van der Waals surface area contributed by atoms with Crippen LogP contribution in [0.5, 0.6) is 5.75 Å². The Hall–Kier alpha value is -1.26. The zero-order valence-corrected chi connectivity index (χ0v) is 10.2. The highest BCUT2D eigenvalue weighted by molar-refractivity contribution is 6.32. The average molecular weight is 255 g/mol. The molecule has 5 heteroatoms. The molecule has 0 saturated carbocycles. The van der Waals surface area contributed by atoms with Gasteiger partial charge in [-0.2, -0.15) is 0 Å². The van der Waals surface area contributed by atoms with Gasteiger partial charge in [0.2, 0.25) is 0 Å². The van der Waals surface area contributed by atoms with Crippen molar-refractivity contribution < 1.29 is 9.90 Å². The van der Waals surface area contributed by atoms with Crippen LogP contribution in [0.15, 0.2) is 18.2 Å². The van der Waals surface area contributed by atoms with Gasteiger partial charge in [0.25, 0.3) is 5.91 Å². The summed E-state index contributed by atoms with van der Waals surface area (Å²) in [6.45, 7) is 1.36. The molecule has 0 radical (unpaired) electrons. The second-order valence-corrected chi connectivity index (χ2v) is 4.70. The molecule has 3 N–H and O–H groups in total. The van der Waals surface area contributed by atoms with Gasteiger partial charge in [-0.1, -0.05) is 11.6 Å². The van der Waals surface area contributed by atoms with Crippen molar-refractivity contribution in [1.29, 1.82) is 0 Å². The molecule has 17 heavy (non-hydrogen) atoms. The van der Waals surface area contributed by atoms with Crippen LogP contribution in [0.4, 0.5) is 0 Å². The minimum atomic E-state index is -0.0567. The number of nitrogens with zero attached hydrogens (tertiary/aromatic N) is 1. The Bertz CT molecular complexity index is 429. The van der Waals surface area contributed by atoms with E-state index in [9.17, 15) is 9.90 Å². The lowest BCUT2D eigenvalue weighted by molar-refractivity contribution is 0.0715. The van der Waals surface area contributed by atoms with Crippen molar-refractivity contribution in [3.8, 4) is 5.75 Å². The Labute approximate surface area is 105 Å². The van der Waals surface area contributed by atoms with Gasteiger partial charge in [0, 0.05) is 24.7 Å². The van der Waals surface area contributed by atoms with Gasteiger partial charge >= 0.3 is 0 Å². The predicted molar refractivity (Wildman–Crippen MR) is 66.2 cm³/mol. The van der Waals surface area contributed by atoms with Gasteiger partial charge in [0.05, 0.1) is 5.02 Å². The zero-order valence-electron chi connectivity index (χ0n) is 9.40. The van der Waals surface area contributed by atoms with Crippen molar-refractivity contribution in [2.24, 2.45) is 5.73 Å². The Morgan fingerprint density at radius 2 is 2.06 bits per heavy atom. The molecule has 0 bridgehead atoms. The Balaban J connectivity index is 2.11. The maximum Gasteiger partial charge on any atom is 0.253 e. The molecule has 0 aliphatic carbocycles. The fourth-order valence-electron chi connectivity index (χ4n) is 1.93. The number of nitrogens with two attached hydrogens (primary N) is 1. The maximum atomic E-state index is 12.1. The quantitative estimate of drug-likeness (QED) is 0.800. The molecule has 1 aliphatic heterocycles. The number of hydrogen-bond donors (Lipinski definition) is 2. The number of phenols is 1. The van der Waals surface area contributed by atoms with E-state index in [1.807, 2.05) is 0 Å². The molecule has 1 heterocycles. The van der Waals surface area contributed by atoms with Crippen LogP contribution in [0.3, 0.4) is 0 Å². The SMILES string of the molecule is NC1CCN(C(=O)c2ccc(O)c(Cl)c2)CC1. The average Bonchev–Trinajstić information content (AvgIpc) is 2.33. The predicted octanol–water partition coefficient (Wildman–Crippen LogP) is 1.61. The number of carbonyl (C=O) groups excluding carboxylic acids is 1.